The van der Waals surface area contributed by atoms with E-state index in [9.17, 15) is 0 Å². The summed E-state index contributed by atoms with van der Waals surface area (Å²) < 4.78 is 0. The molecule has 76 valence electrons. The van der Waals surface area contributed by atoms with Gasteiger partial charge in [-0.3, -0.25) is 0 Å². The first-order valence-electron chi connectivity index (χ1n) is 5.04. The molecule has 0 bridgehead atoms. The molecule has 2 rings (SSSR count). The number of anilines is 2. The maximum atomic E-state index is 5.72. The summed E-state index contributed by atoms with van der Waals surface area (Å²) in [5.74, 6) is 2.53. The second kappa shape index (κ2) is 4.60. The third-order valence-electron chi connectivity index (χ3n) is 2.42. The standard InChI is InChI=1S/C11H16N2S/c12-9-3-1-4-10(7-9)13-11-5-2-6-14-8-11/h1,3-4,7,11,13H,2,5-6,8,12H2. The summed E-state index contributed by atoms with van der Waals surface area (Å²) in [6.45, 7) is 0. The molecular weight excluding hydrogens is 192 g/mol. The van der Waals surface area contributed by atoms with E-state index in [-0.39, 0.29) is 0 Å². The molecule has 1 aromatic carbocycles. The van der Waals surface area contributed by atoms with E-state index in [2.05, 4.69) is 11.4 Å². The van der Waals surface area contributed by atoms with Crippen molar-refractivity contribution < 1.29 is 0 Å². The second-order valence-corrected chi connectivity index (χ2v) is 4.83. The highest BCUT2D eigenvalue weighted by molar-refractivity contribution is 7.99. The van der Waals surface area contributed by atoms with E-state index in [1.165, 1.54) is 24.3 Å². The van der Waals surface area contributed by atoms with E-state index in [1.54, 1.807) is 0 Å². The van der Waals surface area contributed by atoms with Crippen LogP contribution in [-0.4, -0.2) is 17.5 Å². The average molecular weight is 208 g/mol. The minimum absolute atomic E-state index is 0.621. The van der Waals surface area contributed by atoms with Crippen molar-refractivity contribution in [3.8, 4) is 0 Å². The molecule has 1 aromatic rings. The summed E-state index contributed by atoms with van der Waals surface area (Å²) in [5.41, 5.74) is 7.70. The highest BCUT2D eigenvalue weighted by Gasteiger charge is 2.12. The molecule has 1 fully saturated rings. The molecule has 1 aliphatic heterocycles. The van der Waals surface area contributed by atoms with Crippen molar-refractivity contribution in [1.29, 1.82) is 0 Å². The van der Waals surface area contributed by atoms with Gasteiger partial charge in [-0.2, -0.15) is 11.8 Å². The maximum absolute atomic E-state index is 5.72. The Kier molecular flexibility index (Phi) is 3.19. The Morgan fingerprint density at radius 3 is 3.07 bits per heavy atom. The van der Waals surface area contributed by atoms with Crippen LogP contribution in [-0.2, 0) is 0 Å². The number of nitrogen functional groups attached to an aromatic ring is 1. The predicted octanol–water partition coefficient (Wildman–Crippen LogP) is 2.58. The molecule has 0 amide bonds. The van der Waals surface area contributed by atoms with Crippen LogP contribution >= 0.6 is 11.8 Å². The molecule has 0 spiro atoms. The monoisotopic (exact) mass is 208 g/mol. The van der Waals surface area contributed by atoms with E-state index in [4.69, 9.17) is 5.73 Å². The SMILES string of the molecule is Nc1cccc(NC2CCCSC2)c1. The van der Waals surface area contributed by atoms with Crippen molar-refractivity contribution >= 4 is 23.1 Å². The molecule has 1 aliphatic rings. The molecule has 3 N–H and O–H groups in total. The van der Waals surface area contributed by atoms with Crippen molar-refractivity contribution in [3.05, 3.63) is 24.3 Å². The normalized spacial score (nSPS) is 21.9. The quantitative estimate of drug-likeness (QED) is 0.734. The lowest BCUT2D eigenvalue weighted by atomic mass is 10.1. The summed E-state index contributed by atoms with van der Waals surface area (Å²) in [7, 11) is 0. The van der Waals surface area contributed by atoms with Gasteiger partial charge in [-0.15, -0.1) is 0 Å². The van der Waals surface area contributed by atoms with Crippen LogP contribution in [0.2, 0.25) is 0 Å². The fourth-order valence-corrected chi connectivity index (χ4v) is 2.79. The van der Waals surface area contributed by atoms with Crippen molar-refractivity contribution in [2.45, 2.75) is 18.9 Å². The summed E-state index contributed by atoms with van der Waals surface area (Å²) in [4.78, 5) is 0. The zero-order chi connectivity index (χ0) is 9.80. The van der Waals surface area contributed by atoms with Crippen molar-refractivity contribution in [2.75, 3.05) is 22.6 Å². The number of thioether (sulfide) groups is 1. The molecule has 1 saturated heterocycles. The Balaban J connectivity index is 1.95. The van der Waals surface area contributed by atoms with E-state index < -0.39 is 0 Å². The third-order valence-corrected chi connectivity index (χ3v) is 3.63. The molecule has 14 heavy (non-hydrogen) atoms. The molecule has 0 radical (unpaired) electrons. The summed E-state index contributed by atoms with van der Waals surface area (Å²) in [6, 6.07) is 8.61. The first-order chi connectivity index (χ1) is 6.84. The summed E-state index contributed by atoms with van der Waals surface area (Å²) >= 11 is 2.03. The lowest BCUT2D eigenvalue weighted by Crippen LogP contribution is -2.25. The minimum atomic E-state index is 0.621. The third kappa shape index (κ3) is 2.58. The number of benzene rings is 1. The predicted molar refractivity (Wildman–Crippen MR) is 64.8 cm³/mol. The molecular formula is C11H16N2S. The minimum Gasteiger partial charge on any atom is -0.399 e. The van der Waals surface area contributed by atoms with Gasteiger partial charge < -0.3 is 11.1 Å². The van der Waals surface area contributed by atoms with Crippen LogP contribution in [0.1, 0.15) is 12.8 Å². The van der Waals surface area contributed by atoms with Gasteiger partial charge in [0.25, 0.3) is 0 Å². The number of nitrogens with one attached hydrogen (secondary N) is 1. The van der Waals surface area contributed by atoms with Crippen LogP contribution in [0.4, 0.5) is 11.4 Å². The highest BCUT2D eigenvalue weighted by atomic mass is 32.2. The van der Waals surface area contributed by atoms with Gasteiger partial charge in [0.05, 0.1) is 0 Å². The van der Waals surface area contributed by atoms with Gasteiger partial charge in [0.2, 0.25) is 0 Å². The van der Waals surface area contributed by atoms with Gasteiger partial charge in [-0.1, -0.05) is 6.07 Å². The fourth-order valence-electron chi connectivity index (χ4n) is 1.72. The topological polar surface area (TPSA) is 38.0 Å². The Morgan fingerprint density at radius 2 is 2.36 bits per heavy atom. The molecule has 0 saturated carbocycles. The lowest BCUT2D eigenvalue weighted by Gasteiger charge is -2.23. The van der Waals surface area contributed by atoms with Crippen molar-refractivity contribution in [2.24, 2.45) is 0 Å². The largest absolute Gasteiger partial charge is 0.399 e. The molecule has 1 unspecified atom stereocenters. The van der Waals surface area contributed by atoms with E-state index in [0.29, 0.717) is 6.04 Å². The Hall–Kier alpha value is -0.830. The lowest BCUT2D eigenvalue weighted by molar-refractivity contribution is 0.685. The molecule has 0 aliphatic carbocycles. The second-order valence-electron chi connectivity index (χ2n) is 3.68. The zero-order valence-corrected chi connectivity index (χ0v) is 9.02. The first kappa shape index (κ1) is 9.71. The molecule has 2 nitrogen and oxygen atoms in total. The Labute approximate surface area is 89.3 Å². The van der Waals surface area contributed by atoms with Crippen LogP contribution in [0, 0.1) is 0 Å². The van der Waals surface area contributed by atoms with Gasteiger partial charge >= 0.3 is 0 Å². The molecule has 1 heterocycles. The van der Waals surface area contributed by atoms with E-state index in [1.807, 2.05) is 30.0 Å². The van der Waals surface area contributed by atoms with Gasteiger partial charge in [0.1, 0.15) is 0 Å². The van der Waals surface area contributed by atoms with Crippen molar-refractivity contribution in [3.63, 3.8) is 0 Å². The van der Waals surface area contributed by atoms with Crippen LogP contribution in [0.15, 0.2) is 24.3 Å². The van der Waals surface area contributed by atoms with Gasteiger partial charge in [-0.25, -0.2) is 0 Å². The molecule has 0 aromatic heterocycles. The van der Waals surface area contributed by atoms with Gasteiger partial charge in [0, 0.05) is 23.2 Å². The van der Waals surface area contributed by atoms with Crippen LogP contribution in [0.25, 0.3) is 0 Å². The van der Waals surface area contributed by atoms with E-state index in [0.717, 1.165) is 11.4 Å². The van der Waals surface area contributed by atoms with Gasteiger partial charge in [-0.05, 0) is 36.8 Å². The number of hydrogen-bond acceptors (Lipinski definition) is 3. The summed E-state index contributed by atoms with van der Waals surface area (Å²) in [6.07, 6.45) is 2.60. The first-order valence-corrected chi connectivity index (χ1v) is 6.20. The van der Waals surface area contributed by atoms with Gasteiger partial charge in [0.15, 0.2) is 0 Å². The molecule has 3 heteroatoms. The number of nitrogens with two attached hydrogens (primary N) is 1. The Morgan fingerprint density at radius 1 is 1.43 bits per heavy atom. The number of hydrogen-bond donors (Lipinski definition) is 2. The Bertz CT molecular complexity index is 295. The summed E-state index contributed by atoms with van der Waals surface area (Å²) in [5, 5.41) is 3.52. The zero-order valence-electron chi connectivity index (χ0n) is 8.20. The highest BCUT2D eigenvalue weighted by Crippen LogP contribution is 2.21. The smallest absolute Gasteiger partial charge is 0.0363 e. The molecule has 1 atom stereocenters. The van der Waals surface area contributed by atoms with Crippen LogP contribution in [0.5, 0.6) is 0 Å². The fraction of sp³-hybridized carbons (Fsp3) is 0.455. The number of rotatable bonds is 2. The average Bonchev–Trinajstić information content (AvgIpc) is 2.19. The van der Waals surface area contributed by atoms with Crippen LogP contribution in [0.3, 0.4) is 0 Å². The van der Waals surface area contributed by atoms with Crippen LogP contribution < -0.4 is 11.1 Å². The van der Waals surface area contributed by atoms with Crippen molar-refractivity contribution in [1.82, 2.24) is 0 Å². The maximum Gasteiger partial charge on any atom is 0.0363 e. The van der Waals surface area contributed by atoms with E-state index >= 15 is 0 Å².